The van der Waals surface area contributed by atoms with E-state index < -0.39 is 0 Å². The summed E-state index contributed by atoms with van der Waals surface area (Å²) in [5, 5.41) is 9.04. The van der Waals surface area contributed by atoms with Crippen molar-refractivity contribution in [3.63, 3.8) is 0 Å². The third-order valence-corrected chi connectivity index (χ3v) is 3.49. The first-order valence-corrected chi connectivity index (χ1v) is 6.53. The fourth-order valence-corrected chi connectivity index (χ4v) is 2.43. The number of benzene rings is 1. The number of hydrogen-bond acceptors (Lipinski definition) is 3. The molecule has 18 heavy (non-hydrogen) atoms. The number of carbonyl (C=O) groups excluding carboxylic acids is 1. The second-order valence-corrected chi connectivity index (χ2v) is 4.91. The van der Waals surface area contributed by atoms with Crippen LogP contribution in [-0.4, -0.2) is 18.5 Å². The minimum Gasteiger partial charge on any atom is -0.374 e. The van der Waals surface area contributed by atoms with Gasteiger partial charge in [-0.15, -0.1) is 17.8 Å². The summed E-state index contributed by atoms with van der Waals surface area (Å²) >= 11 is 1.70. The molecule has 0 saturated carbocycles. The average molecular weight is 258 g/mol. The molecule has 1 unspecified atom stereocenters. The number of fused-ring (bicyclic) bond motifs is 1. The van der Waals surface area contributed by atoms with Crippen LogP contribution in [0.25, 0.3) is 10.1 Å². The first-order valence-electron chi connectivity index (χ1n) is 5.65. The summed E-state index contributed by atoms with van der Waals surface area (Å²) in [6.45, 7) is 2.07. The molecule has 0 aliphatic carbocycles. The molecule has 0 saturated heterocycles. The van der Waals surface area contributed by atoms with Gasteiger partial charge in [0.1, 0.15) is 6.04 Å². The summed E-state index contributed by atoms with van der Waals surface area (Å²) < 4.78 is 1.24. The predicted octanol–water partition coefficient (Wildman–Crippen LogP) is 2.45. The monoisotopic (exact) mass is 258 g/mol. The van der Waals surface area contributed by atoms with Crippen LogP contribution in [0.1, 0.15) is 6.92 Å². The Hall–Kier alpha value is -1.99. The number of thiophene rings is 1. The van der Waals surface area contributed by atoms with Crippen LogP contribution in [0.5, 0.6) is 0 Å². The van der Waals surface area contributed by atoms with E-state index in [1.165, 1.54) is 10.1 Å². The summed E-state index contributed by atoms with van der Waals surface area (Å²) in [5.41, 5.74) is 0.934. The first kappa shape index (κ1) is 12.5. The lowest BCUT2D eigenvalue weighted by Crippen LogP contribution is -2.37. The zero-order valence-corrected chi connectivity index (χ0v) is 10.9. The number of terminal acetylenes is 1. The molecule has 92 valence electrons. The van der Waals surface area contributed by atoms with Gasteiger partial charge in [-0.3, -0.25) is 4.79 Å². The lowest BCUT2D eigenvalue weighted by atomic mass is 10.2. The molecule has 1 amide bonds. The number of rotatable bonds is 4. The van der Waals surface area contributed by atoms with Gasteiger partial charge >= 0.3 is 0 Å². The van der Waals surface area contributed by atoms with Gasteiger partial charge in [0.15, 0.2) is 0 Å². The van der Waals surface area contributed by atoms with Crippen molar-refractivity contribution >= 4 is 33.0 Å². The van der Waals surface area contributed by atoms with E-state index in [4.69, 9.17) is 6.42 Å². The standard InChI is InChI=1S/C14H14N2OS/c1-3-7-15-14(17)10(2)16-12-4-5-13-11(9-12)6-8-18-13/h1,4-6,8-10,16H,7H2,2H3,(H,15,17). The lowest BCUT2D eigenvalue weighted by Gasteiger charge is -2.14. The van der Waals surface area contributed by atoms with E-state index >= 15 is 0 Å². The first-order chi connectivity index (χ1) is 8.70. The highest BCUT2D eigenvalue weighted by molar-refractivity contribution is 7.17. The van der Waals surface area contributed by atoms with Crippen LogP contribution in [-0.2, 0) is 4.79 Å². The lowest BCUT2D eigenvalue weighted by molar-refractivity contribution is -0.121. The summed E-state index contributed by atoms with van der Waals surface area (Å²) in [7, 11) is 0. The number of hydrogen-bond donors (Lipinski definition) is 2. The summed E-state index contributed by atoms with van der Waals surface area (Å²) in [6.07, 6.45) is 5.10. The maximum absolute atomic E-state index is 11.7. The van der Waals surface area contributed by atoms with Crippen LogP contribution in [0, 0.1) is 12.3 Å². The van der Waals surface area contributed by atoms with Crippen molar-refractivity contribution in [3.05, 3.63) is 29.6 Å². The molecule has 3 nitrogen and oxygen atoms in total. The largest absolute Gasteiger partial charge is 0.374 e. The third-order valence-electron chi connectivity index (χ3n) is 2.59. The number of carbonyl (C=O) groups is 1. The number of nitrogens with one attached hydrogen (secondary N) is 2. The van der Waals surface area contributed by atoms with Crippen LogP contribution in [0.15, 0.2) is 29.6 Å². The zero-order chi connectivity index (χ0) is 13.0. The molecule has 0 bridgehead atoms. The highest BCUT2D eigenvalue weighted by Crippen LogP contribution is 2.24. The third kappa shape index (κ3) is 2.82. The van der Waals surface area contributed by atoms with Gasteiger partial charge in [-0.1, -0.05) is 5.92 Å². The molecular weight excluding hydrogens is 244 g/mol. The zero-order valence-electron chi connectivity index (χ0n) is 10.1. The Morgan fingerprint density at radius 3 is 3.11 bits per heavy atom. The summed E-state index contributed by atoms with van der Waals surface area (Å²) in [6, 6.07) is 7.82. The summed E-state index contributed by atoms with van der Waals surface area (Å²) in [4.78, 5) is 11.7. The predicted molar refractivity (Wildman–Crippen MR) is 76.8 cm³/mol. The van der Waals surface area contributed by atoms with Crippen molar-refractivity contribution in [2.75, 3.05) is 11.9 Å². The SMILES string of the molecule is C#CCNC(=O)C(C)Nc1ccc2sccc2c1. The summed E-state index contributed by atoms with van der Waals surface area (Å²) in [5.74, 6) is 2.28. The normalized spacial score (nSPS) is 11.8. The van der Waals surface area contributed by atoms with Crippen LogP contribution in [0.2, 0.25) is 0 Å². The molecule has 0 radical (unpaired) electrons. The Bertz CT molecular complexity index is 597. The van der Waals surface area contributed by atoms with Crippen LogP contribution < -0.4 is 10.6 Å². The van der Waals surface area contributed by atoms with Gasteiger partial charge in [0.2, 0.25) is 5.91 Å². The highest BCUT2D eigenvalue weighted by atomic mass is 32.1. The van der Waals surface area contributed by atoms with Gasteiger partial charge < -0.3 is 10.6 Å². The molecule has 2 N–H and O–H groups in total. The van der Waals surface area contributed by atoms with E-state index in [1.807, 2.05) is 25.1 Å². The van der Waals surface area contributed by atoms with Gasteiger partial charge in [-0.05, 0) is 42.0 Å². The molecule has 4 heteroatoms. The molecule has 0 spiro atoms. The molecule has 0 aliphatic heterocycles. The molecule has 2 rings (SSSR count). The van der Waals surface area contributed by atoms with Crippen molar-refractivity contribution in [2.45, 2.75) is 13.0 Å². The van der Waals surface area contributed by atoms with E-state index in [1.54, 1.807) is 11.3 Å². The maximum Gasteiger partial charge on any atom is 0.242 e. The van der Waals surface area contributed by atoms with Gasteiger partial charge in [-0.25, -0.2) is 0 Å². The Morgan fingerprint density at radius 1 is 1.50 bits per heavy atom. The number of anilines is 1. The number of amides is 1. The Morgan fingerprint density at radius 2 is 2.33 bits per heavy atom. The molecule has 1 heterocycles. The quantitative estimate of drug-likeness (QED) is 0.827. The van der Waals surface area contributed by atoms with Crippen molar-refractivity contribution in [1.29, 1.82) is 0 Å². The fraction of sp³-hybridized carbons (Fsp3) is 0.214. The molecule has 1 aromatic heterocycles. The highest BCUT2D eigenvalue weighted by Gasteiger charge is 2.11. The van der Waals surface area contributed by atoms with Crippen LogP contribution >= 0.6 is 11.3 Å². The van der Waals surface area contributed by atoms with Gasteiger partial charge in [-0.2, -0.15) is 0 Å². The van der Waals surface area contributed by atoms with Crippen LogP contribution in [0.3, 0.4) is 0 Å². The molecule has 1 atom stereocenters. The van der Waals surface area contributed by atoms with E-state index in [0.29, 0.717) is 0 Å². The second kappa shape index (κ2) is 5.56. The minimum absolute atomic E-state index is 0.0987. The smallest absolute Gasteiger partial charge is 0.242 e. The minimum atomic E-state index is -0.311. The van der Waals surface area contributed by atoms with E-state index in [9.17, 15) is 4.79 Å². The topological polar surface area (TPSA) is 41.1 Å². The van der Waals surface area contributed by atoms with E-state index in [0.717, 1.165) is 5.69 Å². The fourth-order valence-electron chi connectivity index (χ4n) is 1.66. The Labute approximate surface area is 110 Å². The molecule has 2 aromatic rings. The molecule has 0 fully saturated rings. The second-order valence-electron chi connectivity index (χ2n) is 3.96. The van der Waals surface area contributed by atoms with Crippen molar-refractivity contribution in [3.8, 4) is 12.3 Å². The average Bonchev–Trinajstić information content (AvgIpc) is 2.83. The maximum atomic E-state index is 11.7. The molecule has 0 aliphatic rings. The molecular formula is C14H14N2OS. The van der Waals surface area contributed by atoms with Crippen molar-refractivity contribution < 1.29 is 4.79 Å². The van der Waals surface area contributed by atoms with Crippen molar-refractivity contribution in [1.82, 2.24) is 5.32 Å². The molecule has 1 aromatic carbocycles. The van der Waals surface area contributed by atoms with Gasteiger partial charge in [0.05, 0.1) is 6.54 Å². The van der Waals surface area contributed by atoms with Crippen molar-refractivity contribution in [2.24, 2.45) is 0 Å². The van der Waals surface area contributed by atoms with Gasteiger partial charge in [0, 0.05) is 10.4 Å². The van der Waals surface area contributed by atoms with E-state index in [-0.39, 0.29) is 18.5 Å². The van der Waals surface area contributed by atoms with E-state index in [2.05, 4.69) is 28.0 Å². The van der Waals surface area contributed by atoms with Crippen LogP contribution in [0.4, 0.5) is 5.69 Å². The Kier molecular flexibility index (Phi) is 3.85. The Balaban J connectivity index is 2.04. The van der Waals surface area contributed by atoms with Gasteiger partial charge in [0.25, 0.3) is 0 Å².